The molecule has 1 amide bonds. The van der Waals surface area contributed by atoms with Gasteiger partial charge in [-0.2, -0.15) is 0 Å². The van der Waals surface area contributed by atoms with Crippen LogP contribution >= 0.6 is 0 Å². The van der Waals surface area contributed by atoms with Crippen molar-refractivity contribution < 1.29 is 28.6 Å². The largest absolute Gasteiger partial charge is 0.493 e. The first-order valence-electron chi connectivity index (χ1n) is 6.88. The molecule has 0 atom stereocenters. The lowest BCUT2D eigenvalue weighted by Crippen LogP contribution is -2.22. The van der Waals surface area contributed by atoms with Gasteiger partial charge >= 0.3 is 5.97 Å². The zero-order valence-electron chi connectivity index (χ0n) is 13.0. The quantitative estimate of drug-likeness (QED) is 0.848. The Kier molecular flexibility index (Phi) is 4.90. The maximum Gasteiger partial charge on any atom is 0.339 e. The van der Waals surface area contributed by atoms with Crippen molar-refractivity contribution in [2.24, 2.45) is 0 Å². The van der Waals surface area contributed by atoms with Crippen LogP contribution in [0.2, 0.25) is 0 Å². The molecule has 0 bridgehead atoms. The van der Waals surface area contributed by atoms with Gasteiger partial charge in [0, 0.05) is 12.1 Å². The van der Waals surface area contributed by atoms with Crippen molar-refractivity contribution in [2.75, 3.05) is 20.8 Å². The van der Waals surface area contributed by atoms with Gasteiger partial charge in [0.05, 0.1) is 14.2 Å². The van der Waals surface area contributed by atoms with E-state index in [1.165, 1.54) is 14.2 Å². The minimum Gasteiger partial charge on any atom is -0.493 e. The first kappa shape index (κ1) is 16.4. The van der Waals surface area contributed by atoms with E-state index in [2.05, 4.69) is 5.32 Å². The number of furan rings is 1. The molecular formula is C16H17NO6. The van der Waals surface area contributed by atoms with E-state index in [4.69, 9.17) is 13.9 Å². The minimum atomic E-state index is -1.19. The standard InChI is InChI=1S/C16H17NO6/c1-4-17-15(18)14-13(10(8-23-14)16(19)20)9-5-6-11(21-2)12(7-9)22-3/h5-8H,4H2,1-3H3,(H,17,18)(H,19,20). The molecule has 2 N–H and O–H groups in total. The number of carboxylic acid groups (broad SMARTS) is 1. The molecule has 0 spiro atoms. The van der Waals surface area contributed by atoms with Crippen LogP contribution in [0, 0.1) is 0 Å². The third-order valence-corrected chi connectivity index (χ3v) is 3.24. The molecule has 0 saturated heterocycles. The van der Waals surface area contributed by atoms with Gasteiger partial charge in [0.1, 0.15) is 11.8 Å². The van der Waals surface area contributed by atoms with Gasteiger partial charge < -0.3 is 24.3 Å². The zero-order chi connectivity index (χ0) is 17.0. The Hall–Kier alpha value is -2.96. The van der Waals surface area contributed by atoms with Crippen LogP contribution in [0.1, 0.15) is 27.8 Å². The number of methoxy groups -OCH3 is 2. The average molecular weight is 319 g/mol. The van der Waals surface area contributed by atoms with Crippen LogP contribution in [-0.4, -0.2) is 37.7 Å². The molecule has 2 aromatic rings. The topological polar surface area (TPSA) is 98.0 Å². The lowest BCUT2D eigenvalue weighted by Gasteiger charge is -2.10. The van der Waals surface area contributed by atoms with Gasteiger partial charge in [0.15, 0.2) is 17.3 Å². The summed E-state index contributed by atoms with van der Waals surface area (Å²) in [6, 6.07) is 4.87. The third kappa shape index (κ3) is 3.13. The van der Waals surface area contributed by atoms with Gasteiger partial charge in [-0.25, -0.2) is 4.79 Å². The number of ether oxygens (including phenoxy) is 2. The van der Waals surface area contributed by atoms with Crippen LogP contribution in [0.5, 0.6) is 11.5 Å². The van der Waals surface area contributed by atoms with Crippen molar-refractivity contribution in [3.63, 3.8) is 0 Å². The monoisotopic (exact) mass is 319 g/mol. The summed E-state index contributed by atoms with van der Waals surface area (Å²) in [6.07, 6.45) is 1.05. The number of aromatic carboxylic acids is 1. The lowest BCUT2D eigenvalue weighted by atomic mass is 10.0. The maximum absolute atomic E-state index is 12.1. The molecule has 23 heavy (non-hydrogen) atoms. The maximum atomic E-state index is 12.1. The summed E-state index contributed by atoms with van der Waals surface area (Å²) in [4.78, 5) is 23.5. The summed E-state index contributed by atoms with van der Waals surface area (Å²) in [6.45, 7) is 2.16. The van der Waals surface area contributed by atoms with Crippen LogP contribution in [-0.2, 0) is 0 Å². The molecule has 7 nitrogen and oxygen atoms in total. The molecule has 0 radical (unpaired) electrons. The van der Waals surface area contributed by atoms with Crippen molar-refractivity contribution in [1.29, 1.82) is 0 Å². The van der Waals surface area contributed by atoms with Crippen LogP contribution < -0.4 is 14.8 Å². The second kappa shape index (κ2) is 6.87. The minimum absolute atomic E-state index is 0.0588. The zero-order valence-corrected chi connectivity index (χ0v) is 13.0. The predicted molar refractivity (Wildman–Crippen MR) is 82.2 cm³/mol. The summed E-state index contributed by atoms with van der Waals surface area (Å²) < 4.78 is 15.6. The van der Waals surface area contributed by atoms with Gasteiger partial charge in [0.25, 0.3) is 5.91 Å². The molecule has 7 heteroatoms. The Bertz CT molecular complexity index is 734. The normalized spacial score (nSPS) is 10.2. The molecule has 0 aliphatic carbocycles. The van der Waals surface area contributed by atoms with Crippen molar-refractivity contribution >= 4 is 11.9 Å². The Morgan fingerprint density at radius 2 is 1.91 bits per heavy atom. The number of hydrogen-bond donors (Lipinski definition) is 2. The fraction of sp³-hybridized carbons (Fsp3) is 0.250. The highest BCUT2D eigenvalue weighted by Crippen LogP contribution is 2.36. The highest BCUT2D eigenvalue weighted by atomic mass is 16.5. The van der Waals surface area contributed by atoms with E-state index in [9.17, 15) is 14.7 Å². The van der Waals surface area contributed by atoms with Crippen molar-refractivity contribution in [3.8, 4) is 22.6 Å². The van der Waals surface area contributed by atoms with Crippen molar-refractivity contribution in [3.05, 3.63) is 35.8 Å². The molecule has 122 valence electrons. The average Bonchev–Trinajstić information content (AvgIpc) is 2.99. The number of carbonyl (C=O) groups is 2. The van der Waals surface area contributed by atoms with Crippen LogP contribution in [0.4, 0.5) is 0 Å². The number of benzene rings is 1. The summed E-state index contributed by atoms with van der Waals surface area (Å²) in [5.41, 5.74) is 0.581. The SMILES string of the molecule is CCNC(=O)c1occ(C(=O)O)c1-c1ccc(OC)c(OC)c1. The number of hydrogen-bond acceptors (Lipinski definition) is 5. The fourth-order valence-electron chi connectivity index (χ4n) is 2.20. The molecule has 0 fully saturated rings. The van der Waals surface area contributed by atoms with E-state index in [1.54, 1.807) is 25.1 Å². The van der Waals surface area contributed by atoms with Crippen LogP contribution in [0.3, 0.4) is 0 Å². The van der Waals surface area contributed by atoms with Gasteiger partial charge in [-0.05, 0) is 24.6 Å². The Labute approximate surface area is 132 Å². The van der Waals surface area contributed by atoms with Gasteiger partial charge in [0.2, 0.25) is 0 Å². The van der Waals surface area contributed by atoms with E-state index < -0.39 is 11.9 Å². The first-order chi connectivity index (χ1) is 11.0. The summed E-state index contributed by atoms with van der Waals surface area (Å²) >= 11 is 0. The first-order valence-corrected chi connectivity index (χ1v) is 6.88. The Morgan fingerprint density at radius 3 is 2.48 bits per heavy atom. The molecule has 0 unspecified atom stereocenters. The molecule has 0 aliphatic rings. The predicted octanol–water partition coefficient (Wildman–Crippen LogP) is 2.41. The van der Waals surface area contributed by atoms with Gasteiger partial charge in [-0.3, -0.25) is 4.79 Å². The highest BCUT2D eigenvalue weighted by Gasteiger charge is 2.25. The van der Waals surface area contributed by atoms with E-state index in [0.717, 1.165) is 6.26 Å². The fourth-order valence-corrected chi connectivity index (χ4v) is 2.20. The van der Waals surface area contributed by atoms with E-state index in [-0.39, 0.29) is 16.9 Å². The second-order valence-corrected chi connectivity index (χ2v) is 4.59. The lowest BCUT2D eigenvalue weighted by molar-refractivity contribution is 0.0696. The highest BCUT2D eigenvalue weighted by molar-refractivity contribution is 6.05. The Morgan fingerprint density at radius 1 is 1.22 bits per heavy atom. The number of carbonyl (C=O) groups excluding carboxylic acids is 1. The molecule has 1 heterocycles. The van der Waals surface area contributed by atoms with E-state index >= 15 is 0 Å². The summed E-state index contributed by atoms with van der Waals surface area (Å²) in [5.74, 6) is -0.809. The van der Waals surface area contributed by atoms with Crippen LogP contribution in [0.25, 0.3) is 11.1 Å². The number of rotatable bonds is 6. The van der Waals surface area contributed by atoms with Crippen molar-refractivity contribution in [1.82, 2.24) is 5.32 Å². The molecule has 0 aliphatic heterocycles. The molecular weight excluding hydrogens is 302 g/mol. The summed E-state index contributed by atoms with van der Waals surface area (Å²) in [5, 5.41) is 11.9. The molecule has 0 saturated carbocycles. The smallest absolute Gasteiger partial charge is 0.339 e. The van der Waals surface area contributed by atoms with Crippen LogP contribution in [0.15, 0.2) is 28.9 Å². The van der Waals surface area contributed by atoms with Gasteiger partial charge in [-0.1, -0.05) is 6.07 Å². The molecule has 1 aromatic heterocycles. The van der Waals surface area contributed by atoms with E-state index in [1.807, 2.05) is 0 Å². The second-order valence-electron chi connectivity index (χ2n) is 4.59. The Balaban J connectivity index is 2.63. The molecule has 2 rings (SSSR count). The third-order valence-electron chi connectivity index (χ3n) is 3.24. The number of nitrogens with one attached hydrogen (secondary N) is 1. The van der Waals surface area contributed by atoms with Gasteiger partial charge in [-0.15, -0.1) is 0 Å². The summed E-state index contributed by atoms with van der Waals surface area (Å²) in [7, 11) is 2.97. The van der Waals surface area contributed by atoms with E-state index in [0.29, 0.717) is 23.6 Å². The van der Waals surface area contributed by atoms with Crippen molar-refractivity contribution in [2.45, 2.75) is 6.92 Å². The molecule has 1 aromatic carbocycles. The number of carboxylic acids is 1. The number of amides is 1.